The van der Waals surface area contributed by atoms with Gasteiger partial charge in [0.15, 0.2) is 0 Å². The van der Waals surface area contributed by atoms with E-state index in [2.05, 4.69) is 420 Å². The van der Waals surface area contributed by atoms with E-state index in [-0.39, 0.29) is 37.9 Å². The molecular formula is C111H122N4. The molecule has 0 amide bonds. The molecule has 0 aliphatic heterocycles. The topological polar surface area (TPSA) is 13.0 Å². The highest BCUT2D eigenvalue weighted by Gasteiger charge is 2.66. The molecule has 3 aliphatic rings. The third kappa shape index (κ3) is 14.0. The molecule has 0 heterocycles. The van der Waals surface area contributed by atoms with Gasteiger partial charge in [-0.05, 0) is 294 Å². The van der Waals surface area contributed by atoms with Gasteiger partial charge in [0.1, 0.15) is 0 Å². The Bertz CT molecular complexity index is 5710. The fourth-order valence-corrected chi connectivity index (χ4v) is 20.2. The van der Waals surface area contributed by atoms with E-state index in [9.17, 15) is 0 Å². The molecule has 3 aliphatic carbocycles. The first-order valence-electron chi connectivity index (χ1n) is 42.9. The van der Waals surface area contributed by atoms with Gasteiger partial charge in [-0.25, -0.2) is 0 Å². The van der Waals surface area contributed by atoms with Crippen molar-refractivity contribution in [3.63, 3.8) is 0 Å². The van der Waals surface area contributed by atoms with Crippen molar-refractivity contribution in [3.8, 4) is 11.1 Å². The van der Waals surface area contributed by atoms with E-state index < -0.39 is 0 Å². The predicted octanol–water partition coefficient (Wildman–Crippen LogP) is 32.3. The summed E-state index contributed by atoms with van der Waals surface area (Å²) < 4.78 is 0. The molecule has 13 aromatic carbocycles. The van der Waals surface area contributed by atoms with Gasteiger partial charge in [0.2, 0.25) is 0 Å². The molecule has 0 spiro atoms. The zero-order valence-electron chi connectivity index (χ0n) is 72.8. The Labute approximate surface area is 689 Å². The lowest BCUT2D eigenvalue weighted by Crippen LogP contribution is -2.56. The van der Waals surface area contributed by atoms with Gasteiger partial charge in [-0.3, -0.25) is 0 Å². The van der Waals surface area contributed by atoms with E-state index in [0.717, 1.165) is 42.0 Å². The Morgan fingerprint density at radius 3 is 0.870 bits per heavy atom. The molecule has 0 N–H and O–H groups in total. The Hall–Kier alpha value is -10.4. The average molecular weight is 1510 g/mol. The summed E-state index contributed by atoms with van der Waals surface area (Å²) in [5, 5.41) is 4.75. The number of hydrogen-bond acceptors (Lipinski definition) is 4. The summed E-state index contributed by atoms with van der Waals surface area (Å²) in [4.78, 5) is 10.2. The molecule has 16 rings (SSSR count). The molecular weight excluding hydrogens is 1390 g/mol. The van der Waals surface area contributed by atoms with Gasteiger partial charge in [0, 0.05) is 77.9 Å². The van der Waals surface area contributed by atoms with E-state index in [4.69, 9.17) is 0 Å². The first-order valence-corrected chi connectivity index (χ1v) is 42.9. The number of benzene rings is 13. The van der Waals surface area contributed by atoms with Crippen molar-refractivity contribution in [3.05, 3.63) is 333 Å². The maximum Gasteiger partial charge on any atom is 0.0619 e. The highest BCUT2D eigenvalue weighted by molar-refractivity contribution is 6.23. The minimum Gasteiger partial charge on any atom is -0.310 e. The first kappa shape index (κ1) is 78.5. The molecule has 2 saturated carbocycles. The molecule has 4 heteroatoms. The Morgan fingerprint density at radius 1 is 0.296 bits per heavy atom. The quantitative estimate of drug-likeness (QED) is 0.0591. The number of hydrogen-bond donors (Lipinski definition) is 0. The van der Waals surface area contributed by atoms with Crippen LogP contribution in [0.5, 0.6) is 0 Å². The van der Waals surface area contributed by atoms with Crippen LogP contribution in [0.2, 0.25) is 0 Å². The summed E-state index contributed by atoms with van der Waals surface area (Å²) >= 11 is 0. The molecule has 0 bridgehead atoms. The molecule has 1 unspecified atom stereocenters. The first-order chi connectivity index (χ1) is 54.7. The van der Waals surface area contributed by atoms with Crippen molar-refractivity contribution in [1.82, 2.24) is 0 Å². The Balaban J connectivity index is 0.724. The molecule has 115 heavy (non-hydrogen) atoms. The summed E-state index contributed by atoms with van der Waals surface area (Å²) in [6.07, 6.45) is 9.25. The third-order valence-electron chi connectivity index (χ3n) is 27.5. The van der Waals surface area contributed by atoms with Crippen LogP contribution in [0.25, 0.3) is 32.7 Å². The second-order valence-corrected chi connectivity index (χ2v) is 39.3. The maximum absolute atomic E-state index is 2.67. The highest BCUT2D eigenvalue weighted by atomic mass is 15.2. The fraction of sp³-hybridized carbons (Fsp3) is 0.333. The number of nitrogens with zero attached hydrogens (tertiary/aromatic N) is 4. The van der Waals surface area contributed by atoms with Crippen LogP contribution >= 0.6 is 0 Å². The van der Waals surface area contributed by atoms with Crippen LogP contribution in [0.3, 0.4) is 0 Å². The minimum atomic E-state index is -0.121. The number of rotatable bonds is 19. The van der Waals surface area contributed by atoms with Crippen LogP contribution in [-0.4, -0.2) is 0 Å². The van der Waals surface area contributed by atoms with E-state index in [1.54, 1.807) is 11.1 Å². The smallest absolute Gasteiger partial charge is 0.0619 e. The van der Waals surface area contributed by atoms with Gasteiger partial charge in [-0.15, -0.1) is 0 Å². The van der Waals surface area contributed by atoms with Crippen molar-refractivity contribution >= 4 is 89.8 Å². The van der Waals surface area contributed by atoms with E-state index >= 15 is 0 Å². The minimum absolute atomic E-state index is 0.0114. The van der Waals surface area contributed by atoms with Crippen molar-refractivity contribution in [2.24, 2.45) is 0 Å². The third-order valence-corrected chi connectivity index (χ3v) is 27.5. The molecule has 4 nitrogen and oxygen atoms in total. The highest BCUT2D eigenvalue weighted by Crippen LogP contribution is 2.73. The Morgan fingerprint density at radius 2 is 0.574 bits per heavy atom. The van der Waals surface area contributed by atoms with Crippen molar-refractivity contribution < 1.29 is 0 Å². The van der Waals surface area contributed by atoms with Gasteiger partial charge in [0.25, 0.3) is 0 Å². The maximum atomic E-state index is 2.67. The van der Waals surface area contributed by atoms with Crippen LogP contribution in [-0.2, 0) is 37.9 Å². The average Bonchev–Trinajstić information content (AvgIpc) is 1.57. The van der Waals surface area contributed by atoms with Crippen LogP contribution in [0.1, 0.15) is 239 Å². The second-order valence-electron chi connectivity index (χ2n) is 39.3. The SMILES string of the molecule is CCC(C)c1ccc(N(c2ccc3c(c2)[C@@]24CCC[C@@]2(CC4)c2cc(N(c4ccc(C(C)(C)CCC(C)(C)c5ccc(N(c6ccc(C)cc6)c6c7ccccc7c(N(c7ccc(C)cc7)c7ccc(C(C)(C)C)cc7)c7ccccc67)cc5)cc4)c4c(C)cc(C(C)(C)C)cc4C)ccc2-3)c2c(C)cc(C(C)(C)C)cc2C)cc1. The van der Waals surface area contributed by atoms with Gasteiger partial charge >= 0.3 is 0 Å². The Kier molecular flexibility index (Phi) is 20.1. The molecule has 2 fully saturated rings. The molecule has 0 aromatic heterocycles. The lowest BCUT2D eigenvalue weighted by Gasteiger charge is -2.60. The molecule has 13 aromatic rings. The number of fused-ring (bicyclic) bond motifs is 5. The summed E-state index contributed by atoms with van der Waals surface area (Å²) in [7, 11) is 0. The zero-order valence-corrected chi connectivity index (χ0v) is 72.8. The van der Waals surface area contributed by atoms with E-state index in [0.29, 0.717) is 5.92 Å². The summed E-state index contributed by atoms with van der Waals surface area (Å²) in [5.41, 5.74) is 36.1. The molecule has 586 valence electrons. The van der Waals surface area contributed by atoms with Crippen molar-refractivity contribution in [2.75, 3.05) is 19.6 Å². The second kappa shape index (κ2) is 29.4. The van der Waals surface area contributed by atoms with E-state index in [1.165, 1.54) is 177 Å². The van der Waals surface area contributed by atoms with Crippen molar-refractivity contribution in [2.45, 2.75) is 241 Å². The standard InChI is InChI=1S/C111H122N4/c1-22-74(4)79-36-48-87(49-37-79)114(101-75(5)66-83(67-76(101)6)106(12,13)14)91-56-58-93-94-59-57-92(71-100(94)111-61-27-60-110(111,64-65-111)99(93)70-91)115(102-77(7)68-84(69-78(102)8)107(15,16)17)90-54-42-82(43-55-90)109(20,21)63-62-108(18,19)81-40-52-89(53-41-81)113(86-46-34-73(3)35-47-86)104-97-30-25-23-28-95(97)103(96-29-24-26-31-98(96)104)112(85-44-32-72(2)33-45-85)88-50-38-80(39-51-88)105(9,10)11/h23-26,28-59,66-71,74H,22,27,60-65H2,1-21H3/t74?,110-,111+/m0/s1. The normalized spacial score (nSPS) is 16.4. The van der Waals surface area contributed by atoms with Crippen molar-refractivity contribution in [1.29, 1.82) is 0 Å². The van der Waals surface area contributed by atoms with E-state index in [1.807, 2.05) is 0 Å². The number of aryl methyl sites for hydroxylation is 6. The van der Waals surface area contributed by atoms with Gasteiger partial charge in [0.05, 0.1) is 22.7 Å². The summed E-state index contributed by atoms with van der Waals surface area (Å²) in [6, 6.07) is 99.5. The summed E-state index contributed by atoms with van der Waals surface area (Å²) in [6.45, 7) is 49.1. The lowest BCUT2D eigenvalue weighted by atomic mass is 9.43. The summed E-state index contributed by atoms with van der Waals surface area (Å²) in [5.74, 6) is 0.508. The molecule has 0 radical (unpaired) electrons. The molecule has 3 atom stereocenters. The lowest BCUT2D eigenvalue weighted by molar-refractivity contribution is 0.105. The largest absolute Gasteiger partial charge is 0.310 e. The van der Waals surface area contributed by atoms with Crippen LogP contribution < -0.4 is 19.6 Å². The monoisotopic (exact) mass is 1510 g/mol. The van der Waals surface area contributed by atoms with Crippen LogP contribution in [0.4, 0.5) is 68.2 Å². The van der Waals surface area contributed by atoms with Crippen LogP contribution in [0.15, 0.2) is 255 Å². The van der Waals surface area contributed by atoms with Gasteiger partial charge in [-0.2, -0.15) is 0 Å². The predicted molar refractivity (Wildman–Crippen MR) is 497 cm³/mol. The zero-order chi connectivity index (χ0) is 81.2. The number of anilines is 12. The molecule has 0 saturated heterocycles. The fourth-order valence-electron chi connectivity index (χ4n) is 20.2. The van der Waals surface area contributed by atoms with Gasteiger partial charge in [-0.1, -0.05) is 279 Å². The van der Waals surface area contributed by atoms with Crippen LogP contribution in [0, 0.1) is 41.5 Å². The van der Waals surface area contributed by atoms with Gasteiger partial charge < -0.3 is 19.6 Å².